The van der Waals surface area contributed by atoms with Gasteiger partial charge in [-0.05, 0) is 68.7 Å². The van der Waals surface area contributed by atoms with Gasteiger partial charge in [0.25, 0.3) is 0 Å². The number of Topliss-reactive ketones (excluding diaryl/α,β-unsaturated/α-hetero) is 1. The molecular weight excluding hydrogens is 601 g/mol. The number of nitrogens with zero attached hydrogens (tertiary/aromatic N) is 3. The maximum absolute atomic E-state index is 13.8. The third-order valence-corrected chi connectivity index (χ3v) is 7.60. The lowest BCUT2D eigenvalue weighted by Crippen LogP contribution is -2.46. The van der Waals surface area contributed by atoms with Crippen molar-refractivity contribution in [1.29, 1.82) is 0 Å². The molecule has 0 radical (unpaired) electrons. The molecule has 1 aromatic heterocycles. The Bertz CT molecular complexity index is 1850. The second kappa shape index (κ2) is 11.2. The van der Waals surface area contributed by atoms with E-state index in [4.69, 9.17) is 9.47 Å². The number of benzene rings is 2. The van der Waals surface area contributed by atoms with Gasteiger partial charge in [-0.25, -0.2) is 33.1 Å². The molecule has 2 aromatic carbocycles. The highest BCUT2D eigenvalue weighted by Crippen LogP contribution is 2.47. The first kappa shape index (κ1) is 31.5. The molecule has 0 spiro atoms. The normalized spacial score (nSPS) is 17.3. The van der Waals surface area contributed by atoms with Gasteiger partial charge in [-0.1, -0.05) is 19.9 Å². The van der Waals surface area contributed by atoms with E-state index in [1.54, 1.807) is 19.9 Å². The summed E-state index contributed by atoms with van der Waals surface area (Å²) in [7, 11) is 0. The van der Waals surface area contributed by atoms with Crippen LogP contribution in [0.2, 0.25) is 0 Å². The molecule has 0 amide bonds. The maximum Gasteiger partial charge on any atom is 0.492 e. The molecule has 12 nitrogen and oxygen atoms in total. The average molecular weight is 631 g/mol. The summed E-state index contributed by atoms with van der Waals surface area (Å²) in [6.45, 7) is 8.08. The van der Waals surface area contributed by atoms with Gasteiger partial charge < -0.3 is 14.3 Å². The van der Waals surface area contributed by atoms with Crippen LogP contribution in [0.4, 0.5) is 13.2 Å². The van der Waals surface area contributed by atoms with Crippen LogP contribution < -0.4 is 26.3 Å². The molecule has 0 saturated heterocycles. The van der Waals surface area contributed by atoms with E-state index in [0.717, 1.165) is 4.57 Å². The highest BCUT2D eigenvalue weighted by atomic mass is 19.4. The number of nitrogens with one attached hydrogen (secondary N) is 1. The number of hydroxylamine groups is 1. The molecule has 0 aliphatic carbocycles. The summed E-state index contributed by atoms with van der Waals surface area (Å²) in [5, 5.41) is 0. The lowest BCUT2D eigenvalue weighted by Gasteiger charge is -2.42. The molecule has 1 N–H and O–H groups in total. The summed E-state index contributed by atoms with van der Waals surface area (Å²) in [6.07, 6.45) is -3.45. The molecule has 2 atom stereocenters. The molecule has 2 aliphatic rings. The first-order chi connectivity index (χ1) is 21.0. The van der Waals surface area contributed by atoms with Crippen molar-refractivity contribution in [3.05, 3.63) is 86.2 Å². The van der Waals surface area contributed by atoms with E-state index in [0.29, 0.717) is 16.7 Å². The van der Waals surface area contributed by atoms with Crippen LogP contribution in [-0.2, 0) is 21.0 Å². The third-order valence-electron chi connectivity index (χ3n) is 7.60. The van der Waals surface area contributed by atoms with Gasteiger partial charge in [-0.2, -0.15) is 13.2 Å². The summed E-state index contributed by atoms with van der Waals surface area (Å²) in [5.74, 6) is -4.13. The molecule has 0 fully saturated rings. The highest BCUT2D eigenvalue weighted by molar-refractivity contribution is 5.94. The van der Waals surface area contributed by atoms with Crippen molar-refractivity contribution in [2.75, 3.05) is 0 Å². The minimum Gasteiger partial charge on any atom is -0.483 e. The highest BCUT2D eigenvalue weighted by Gasteiger charge is 2.45. The lowest BCUT2D eigenvalue weighted by atomic mass is 9.83. The van der Waals surface area contributed by atoms with Crippen LogP contribution in [0.25, 0.3) is 5.69 Å². The molecular formula is C30H29F3N4O8. The van der Waals surface area contributed by atoms with Gasteiger partial charge >= 0.3 is 29.5 Å². The molecule has 3 heterocycles. The van der Waals surface area contributed by atoms with Gasteiger partial charge in [-0.15, -0.1) is 5.48 Å². The zero-order valence-electron chi connectivity index (χ0n) is 24.8. The van der Waals surface area contributed by atoms with E-state index >= 15 is 0 Å². The van der Waals surface area contributed by atoms with Crippen molar-refractivity contribution >= 4 is 17.7 Å². The SMILES string of the molecule is CC(=O)c1ccc(-n2c(=O)n3n(c2=O)C2C(=CC3)C(C)(C)Oc3cc(OC(=O)[C@@H](NOC(=O)C(F)(F)F)C(C)C)ccc32)cc1. The number of esters is 1. The van der Waals surface area contributed by atoms with E-state index < -0.39 is 53.1 Å². The summed E-state index contributed by atoms with van der Waals surface area (Å²) < 4.78 is 53.0. The number of aromatic nitrogens is 3. The van der Waals surface area contributed by atoms with Crippen molar-refractivity contribution in [2.24, 2.45) is 5.92 Å². The standard InChI is InChI=1S/C30H29F3N4O8/c1-15(2)23(34-45-26(40)30(31,32)33)25(39)43-19-10-11-20-22(14-19)44-29(4,5)21-12-13-35-27(41)36(28(42)37(35)24(20)21)18-8-6-17(7-9-18)16(3)38/h6-12,14-15,23-24,34H,13H2,1-5H3/t23-,24?/m0/s1. The quantitative estimate of drug-likeness (QED) is 0.137. The number of carbonyl (C=O) groups excluding carboxylic acids is 3. The number of hydrogen-bond acceptors (Lipinski definition) is 9. The van der Waals surface area contributed by atoms with E-state index in [-0.39, 0.29) is 29.5 Å². The van der Waals surface area contributed by atoms with Gasteiger partial charge in [0.2, 0.25) is 0 Å². The minimum absolute atomic E-state index is 0.0275. The van der Waals surface area contributed by atoms with E-state index in [1.165, 1.54) is 66.5 Å². The van der Waals surface area contributed by atoms with Gasteiger partial charge in [0.05, 0.1) is 12.2 Å². The van der Waals surface area contributed by atoms with Crippen LogP contribution >= 0.6 is 0 Å². The number of hydrogen-bond donors (Lipinski definition) is 1. The van der Waals surface area contributed by atoms with Crippen molar-refractivity contribution in [3.8, 4) is 17.2 Å². The Morgan fingerprint density at radius 1 is 1.04 bits per heavy atom. The van der Waals surface area contributed by atoms with Crippen LogP contribution in [0.15, 0.2) is 63.7 Å². The number of carbonyl (C=O) groups is 3. The molecule has 2 aliphatic heterocycles. The molecule has 15 heteroatoms. The fraction of sp³-hybridized carbons (Fsp3) is 0.367. The smallest absolute Gasteiger partial charge is 0.483 e. The monoisotopic (exact) mass is 630 g/mol. The first-order valence-electron chi connectivity index (χ1n) is 13.9. The number of halogens is 3. The van der Waals surface area contributed by atoms with Crippen LogP contribution in [0.5, 0.6) is 11.5 Å². The molecule has 0 saturated carbocycles. The van der Waals surface area contributed by atoms with Gasteiger partial charge in [0.15, 0.2) is 5.78 Å². The lowest BCUT2D eigenvalue weighted by molar-refractivity contribution is -0.209. The number of ether oxygens (including phenoxy) is 2. The predicted octanol–water partition coefficient (Wildman–Crippen LogP) is 3.24. The van der Waals surface area contributed by atoms with Crippen LogP contribution in [0.3, 0.4) is 0 Å². The van der Waals surface area contributed by atoms with E-state index in [1.807, 2.05) is 11.6 Å². The van der Waals surface area contributed by atoms with Crippen LogP contribution in [-0.4, -0.2) is 49.5 Å². The Morgan fingerprint density at radius 2 is 1.71 bits per heavy atom. The van der Waals surface area contributed by atoms with Gasteiger partial charge in [-0.3, -0.25) is 4.79 Å². The predicted molar refractivity (Wildman–Crippen MR) is 151 cm³/mol. The summed E-state index contributed by atoms with van der Waals surface area (Å²) in [4.78, 5) is 67.1. The van der Waals surface area contributed by atoms with E-state index in [2.05, 4.69) is 4.84 Å². The molecule has 45 heavy (non-hydrogen) atoms. The topological polar surface area (TPSA) is 140 Å². The average Bonchev–Trinajstić information content (AvgIpc) is 3.21. The second-order valence-electron chi connectivity index (χ2n) is 11.5. The summed E-state index contributed by atoms with van der Waals surface area (Å²) >= 11 is 0. The van der Waals surface area contributed by atoms with Crippen LogP contribution in [0, 0.1) is 5.92 Å². The Labute approximate surface area is 253 Å². The molecule has 3 aromatic rings. The molecule has 0 bridgehead atoms. The fourth-order valence-corrected chi connectivity index (χ4v) is 5.32. The minimum atomic E-state index is -5.26. The number of ketones is 1. The second-order valence-corrected chi connectivity index (χ2v) is 11.5. The first-order valence-corrected chi connectivity index (χ1v) is 13.9. The molecule has 1 unspecified atom stereocenters. The van der Waals surface area contributed by atoms with Crippen molar-refractivity contribution < 1.29 is 41.9 Å². The zero-order chi connectivity index (χ0) is 33.0. The fourth-order valence-electron chi connectivity index (χ4n) is 5.32. The molecule has 5 rings (SSSR count). The Balaban J connectivity index is 1.49. The largest absolute Gasteiger partial charge is 0.492 e. The van der Waals surface area contributed by atoms with Crippen molar-refractivity contribution in [2.45, 2.75) is 65.0 Å². The summed E-state index contributed by atoms with van der Waals surface area (Å²) in [5.41, 5.74) is 1.56. The van der Waals surface area contributed by atoms with Gasteiger partial charge in [0.1, 0.15) is 29.2 Å². The van der Waals surface area contributed by atoms with Crippen molar-refractivity contribution in [1.82, 2.24) is 19.4 Å². The Morgan fingerprint density at radius 3 is 2.31 bits per heavy atom. The maximum atomic E-state index is 13.8. The Hall–Kier alpha value is -4.92. The third kappa shape index (κ3) is 5.70. The zero-order valence-corrected chi connectivity index (χ0v) is 24.8. The number of fused-ring (bicyclic) bond motifs is 5. The molecule has 238 valence electrons. The van der Waals surface area contributed by atoms with Gasteiger partial charge in [0, 0.05) is 17.2 Å². The number of alkyl halides is 3. The number of allylic oxidation sites excluding steroid dienone is 1. The number of rotatable bonds is 7. The Kier molecular flexibility index (Phi) is 7.85. The van der Waals surface area contributed by atoms with Crippen molar-refractivity contribution in [3.63, 3.8) is 0 Å². The van der Waals surface area contributed by atoms with E-state index in [9.17, 15) is 37.1 Å². The van der Waals surface area contributed by atoms with Crippen LogP contribution in [0.1, 0.15) is 56.6 Å². The summed E-state index contributed by atoms with van der Waals surface area (Å²) in [6, 6.07) is 8.26.